The summed E-state index contributed by atoms with van der Waals surface area (Å²) in [6, 6.07) is 0. The molecule has 7 heteroatoms. The van der Waals surface area contributed by atoms with E-state index < -0.39 is 15.7 Å². The van der Waals surface area contributed by atoms with Crippen LogP contribution in [0.4, 0.5) is 0 Å². The van der Waals surface area contributed by atoms with Gasteiger partial charge in [0, 0.05) is 13.1 Å². The highest BCUT2D eigenvalue weighted by Gasteiger charge is 2.40. The van der Waals surface area contributed by atoms with Crippen molar-refractivity contribution in [3.8, 4) is 0 Å². The van der Waals surface area contributed by atoms with Crippen LogP contribution in [0.25, 0.3) is 0 Å². The quantitative estimate of drug-likeness (QED) is 0.408. The van der Waals surface area contributed by atoms with Crippen LogP contribution in [-0.2, 0) is 10.2 Å². The zero-order valence-electron chi connectivity index (χ0n) is 11.3. The van der Waals surface area contributed by atoms with E-state index >= 15 is 0 Å². The van der Waals surface area contributed by atoms with Crippen LogP contribution < -0.4 is 10.5 Å². The molecule has 1 heterocycles. The van der Waals surface area contributed by atoms with E-state index in [2.05, 4.69) is 4.72 Å². The van der Waals surface area contributed by atoms with Crippen LogP contribution in [0, 0.1) is 5.41 Å². The molecule has 1 aliphatic carbocycles. The van der Waals surface area contributed by atoms with Gasteiger partial charge >= 0.3 is 0 Å². The molecule has 0 aromatic rings. The minimum Gasteiger partial charge on any atom is -0.386 e. The Labute approximate surface area is 115 Å². The highest BCUT2D eigenvalue weighted by atomic mass is 32.2. The first kappa shape index (κ1) is 14.7. The molecule has 0 spiro atoms. The third-order valence-electron chi connectivity index (χ3n) is 4.20. The topological polar surface area (TPSA) is 99.3 Å². The molecule has 110 valence electrons. The van der Waals surface area contributed by atoms with Crippen LogP contribution in [0.1, 0.15) is 51.4 Å². The van der Waals surface area contributed by atoms with Crippen LogP contribution in [0.2, 0.25) is 0 Å². The van der Waals surface area contributed by atoms with E-state index in [0.29, 0.717) is 25.9 Å². The average Bonchev–Trinajstić information content (AvgIpc) is 2.78. The lowest BCUT2D eigenvalue weighted by Crippen LogP contribution is -2.59. The van der Waals surface area contributed by atoms with E-state index in [-0.39, 0.29) is 5.84 Å². The van der Waals surface area contributed by atoms with Gasteiger partial charge in [-0.15, -0.1) is 0 Å². The molecular weight excluding hydrogens is 264 g/mol. The number of rotatable bonds is 4. The number of amidine groups is 1. The molecule has 1 saturated heterocycles. The monoisotopic (exact) mass is 288 g/mol. The minimum absolute atomic E-state index is 0.0443. The van der Waals surface area contributed by atoms with Crippen molar-refractivity contribution in [2.45, 2.75) is 56.9 Å². The van der Waals surface area contributed by atoms with Crippen molar-refractivity contribution in [2.75, 3.05) is 13.1 Å². The Morgan fingerprint density at radius 3 is 2.05 bits per heavy atom. The smallest absolute Gasteiger partial charge is 0.280 e. The lowest BCUT2D eigenvalue weighted by atomic mass is 9.90. The fourth-order valence-corrected chi connectivity index (χ4v) is 4.67. The number of nitrogens with two attached hydrogens (primary N) is 1. The molecule has 2 aliphatic rings. The molecule has 0 aromatic carbocycles. The molecule has 1 saturated carbocycles. The zero-order chi connectivity index (χ0) is 13.9. The third kappa shape index (κ3) is 3.27. The van der Waals surface area contributed by atoms with Gasteiger partial charge in [0.15, 0.2) is 0 Å². The van der Waals surface area contributed by atoms with E-state index in [9.17, 15) is 8.42 Å². The Kier molecular flexibility index (Phi) is 4.47. The number of hydrogen-bond donors (Lipinski definition) is 3. The predicted molar refractivity (Wildman–Crippen MR) is 75.2 cm³/mol. The van der Waals surface area contributed by atoms with E-state index in [1.54, 1.807) is 0 Å². The summed E-state index contributed by atoms with van der Waals surface area (Å²) in [6.45, 7) is 1.15. The molecule has 4 N–H and O–H groups in total. The predicted octanol–water partition coefficient (Wildman–Crippen LogP) is 0.946. The molecule has 2 fully saturated rings. The molecule has 0 radical (unpaired) electrons. The van der Waals surface area contributed by atoms with E-state index in [0.717, 1.165) is 38.5 Å². The molecule has 0 bridgehead atoms. The summed E-state index contributed by atoms with van der Waals surface area (Å²) in [5.74, 6) is -0.0443. The SMILES string of the molecule is N=C(N)C1(NS(=O)(=O)N2CCCC2)CCCCCC1. The van der Waals surface area contributed by atoms with Crippen molar-refractivity contribution in [1.82, 2.24) is 9.03 Å². The lowest BCUT2D eigenvalue weighted by Gasteiger charge is -2.33. The van der Waals surface area contributed by atoms with Gasteiger partial charge in [0.2, 0.25) is 0 Å². The summed E-state index contributed by atoms with van der Waals surface area (Å²) in [6.07, 6.45) is 7.10. The zero-order valence-corrected chi connectivity index (χ0v) is 12.1. The second-order valence-corrected chi connectivity index (χ2v) is 7.29. The second-order valence-electron chi connectivity index (χ2n) is 5.62. The molecule has 19 heavy (non-hydrogen) atoms. The van der Waals surface area contributed by atoms with Crippen LogP contribution in [-0.4, -0.2) is 37.2 Å². The van der Waals surface area contributed by atoms with Gasteiger partial charge in [-0.3, -0.25) is 5.41 Å². The van der Waals surface area contributed by atoms with Crippen molar-refractivity contribution in [2.24, 2.45) is 5.73 Å². The normalized spacial score (nSPS) is 25.1. The van der Waals surface area contributed by atoms with E-state index in [4.69, 9.17) is 11.1 Å². The lowest BCUT2D eigenvalue weighted by molar-refractivity contribution is 0.400. The van der Waals surface area contributed by atoms with Gasteiger partial charge in [-0.25, -0.2) is 0 Å². The first-order chi connectivity index (χ1) is 8.96. The summed E-state index contributed by atoms with van der Waals surface area (Å²) in [5.41, 5.74) is 4.85. The number of nitrogens with one attached hydrogen (secondary N) is 2. The van der Waals surface area contributed by atoms with Gasteiger partial charge < -0.3 is 5.73 Å². The van der Waals surface area contributed by atoms with Crippen molar-refractivity contribution >= 4 is 16.0 Å². The maximum atomic E-state index is 12.4. The third-order valence-corrected chi connectivity index (χ3v) is 5.90. The number of hydrogen-bond acceptors (Lipinski definition) is 3. The molecule has 0 unspecified atom stereocenters. The van der Waals surface area contributed by atoms with E-state index in [1.807, 2.05) is 0 Å². The van der Waals surface area contributed by atoms with Gasteiger partial charge in [0.25, 0.3) is 10.2 Å². The first-order valence-electron chi connectivity index (χ1n) is 7.10. The van der Waals surface area contributed by atoms with E-state index in [1.165, 1.54) is 4.31 Å². The summed E-state index contributed by atoms with van der Waals surface area (Å²) in [5, 5.41) is 7.82. The van der Waals surface area contributed by atoms with Crippen molar-refractivity contribution < 1.29 is 8.42 Å². The highest BCUT2D eigenvalue weighted by Crippen LogP contribution is 2.28. The fourth-order valence-electron chi connectivity index (χ4n) is 3.00. The second kappa shape index (κ2) is 5.76. The molecule has 0 amide bonds. The Hall–Kier alpha value is -0.660. The van der Waals surface area contributed by atoms with Gasteiger partial charge in [0.1, 0.15) is 5.84 Å². The average molecular weight is 288 g/mol. The van der Waals surface area contributed by atoms with Crippen LogP contribution in [0.5, 0.6) is 0 Å². The molecule has 6 nitrogen and oxygen atoms in total. The van der Waals surface area contributed by atoms with Crippen LogP contribution in [0.15, 0.2) is 0 Å². The van der Waals surface area contributed by atoms with Gasteiger partial charge in [-0.2, -0.15) is 17.4 Å². The maximum absolute atomic E-state index is 12.4. The van der Waals surface area contributed by atoms with Gasteiger partial charge in [-0.05, 0) is 25.7 Å². The Balaban J connectivity index is 2.17. The van der Waals surface area contributed by atoms with Gasteiger partial charge in [-0.1, -0.05) is 25.7 Å². The molecule has 0 aromatic heterocycles. The largest absolute Gasteiger partial charge is 0.386 e. The Morgan fingerprint density at radius 2 is 1.58 bits per heavy atom. The summed E-state index contributed by atoms with van der Waals surface area (Å²) in [4.78, 5) is 0. The summed E-state index contributed by atoms with van der Waals surface area (Å²) < 4.78 is 29.0. The van der Waals surface area contributed by atoms with Crippen molar-refractivity contribution in [1.29, 1.82) is 5.41 Å². The summed E-state index contributed by atoms with van der Waals surface area (Å²) in [7, 11) is -3.52. The first-order valence-corrected chi connectivity index (χ1v) is 8.54. The highest BCUT2D eigenvalue weighted by molar-refractivity contribution is 7.87. The van der Waals surface area contributed by atoms with Crippen molar-refractivity contribution in [3.63, 3.8) is 0 Å². The summed E-state index contributed by atoms with van der Waals surface area (Å²) >= 11 is 0. The minimum atomic E-state index is -3.52. The maximum Gasteiger partial charge on any atom is 0.280 e. The Bertz CT molecular complexity index is 421. The molecule has 1 aliphatic heterocycles. The standard InChI is InChI=1S/C12H24N4O2S/c13-11(14)12(7-3-1-2-4-8-12)15-19(17,18)16-9-5-6-10-16/h15H,1-10H2,(H3,13,14). The van der Waals surface area contributed by atoms with Crippen LogP contribution in [0.3, 0.4) is 0 Å². The molecule has 0 atom stereocenters. The van der Waals surface area contributed by atoms with Gasteiger partial charge in [0.05, 0.1) is 5.54 Å². The molecular formula is C12H24N4O2S. The Morgan fingerprint density at radius 1 is 1.05 bits per heavy atom. The van der Waals surface area contributed by atoms with Crippen LogP contribution >= 0.6 is 0 Å². The number of nitrogens with zero attached hydrogens (tertiary/aromatic N) is 1. The fraction of sp³-hybridized carbons (Fsp3) is 0.917. The van der Waals surface area contributed by atoms with Crippen molar-refractivity contribution in [3.05, 3.63) is 0 Å². The molecule has 2 rings (SSSR count).